The predicted octanol–water partition coefficient (Wildman–Crippen LogP) is 1.34. The Hall–Kier alpha value is -1.54. The van der Waals surface area contributed by atoms with Crippen molar-refractivity contribution in [3.63, 3.8) is 0 Å². The molecule has 16 nitrogen and oxygen atoms in total. The average Bonchev–Trinajstić information content (AvgIpc) is 3.10. The number of carbonyl (C=O) groups excluding carboxylic acids is 2. The second-order valence-electron chi connectivity index (χ2n) is 17.1. The van der Waals surface area contributed by atoms with Crippen LogP contribution in [-0.4, -0.2) is 178 Å². The molecule has 3 saturated heterocycles. The molecule has 0 aromatic heterocycles. The minimum Gasteiger partial charge on any atom is -0.459 e. The van der Waals surface area contributed by atoms with Gasteiger partial charge in [0.05, 0.1) is 47.6 Å². The van der Waals surface area contributed by atoms with Crippen LogP contribution in [-0.2, 0) is 42.7 Å². The number of aliphatic hydroxyl groups is 5. The molecule has 3 aliphatic rings. The van der Waals surface area contributed by atoms with E-state index in [-0.39, 0.29) is 37.8 Å². The van der Waals surface area contributed by atoms with E-state index in [2.05, 4.69) is 0 Å². The SMILES string of the molecule is CC[C@H]1OC(=O)[C@H](C)[C@@H](O[C@H]2C[C@@](C)(OC)[C@@H](O)[C@H](C)O2)C[C@@H](O[C@@H]2O[C@H](C)C[C@H](N(C)C)[C@H]2OC(=O)[C@@H](C)O)[C@](C)(O)CCCN(C)[C@H](C)[C@@H](O)[C@]1(C)O. The van der Waals surface area contributed by atoms with Crippen molar-refractivity contribution in [3.05, 3.63) is 0 Å². The summed E-state index contributed by atoms with van der Waals surface area (Å²) in [5.74, 6) is -2.63. The standard InChI is InChI=1S/C39H72N2O14/c1-14-28-39(9,48)32(43)23(4)41(12)17-15-16-37(7,47)29(54-36-31(55-35(46)24(5)42)26(40(10)11)18-21(2)50-36)19-27(22(3)34(45)53-28)52-30-20-38(8,49-13)33(44)25(6)51-30/h21-33,36,42-44,47-48H,14-20H2,1-13H3/t21-,22-,23-,24-,25+,26+,27+,28-,29-,30+,31-,32-,33+,36+,37-,38-,39-/m1/s1. The normalized spacial score (nSPS) is 45.3. The zero-order valence-electron chi connectivity index (χ0n) is 35.3. The molecule has 0 aromatic carbocycles. The quantitative estimate of drug-likeness (QED) is 0.209. The van der Waals surface area contributed by atoms with Gasteiger partial charge in [0.2, 0.25) is 0 Å². The molecule has 3 aliphatic heterocycles. The number of likely N-dealkylation sites (N-methyl/N-ethyl adjacent to an activating group) is 2. The molecule has 0 saturated carbocycles. The van der Waals surface area contributed by atoms with Crippen LogP contribution in [0, 0.1) is 5.92 Å². The van der Waals surface area contributed by atoms with Gasteiger partial charge in [0.25, 0.3) is 0 Å². The second-order valence-corrected chi connectivity index (χ2v) is 17.1. The van der Waals surface area contributed by atoms with Gasteiger partial charge in [-0.1, -0.05) is 6.92 Å². The largest absolute Gasteiger partial charge is 0.459 e. The number of aliphatic hydroxyl groups excluding tert-OH is 3. The van der Waals surface area contributed by atoms with Crippen LogP contribution >= 0.6 is 0 Å². The molecule has 0 aromatic rings. The summed E-state index contributed by atoms with van der Waals surface area (Å²) >= 11 is 0. The number of esters is 2. The lowest BCUT2D eigenvalue weighted by Crippen LogP contribution is -2.59. The van der Waals surface area contributed by atoms with Crippen molar-refractivity contribution in [2.45, 2.75) is 197 Å². The summed E-state index contributed by atoms with van der Waals surface area (Å²) in [5.41, 5.74) is -4.47. The third-order valence-electron chi connectivity index (χ3n) is 12.2. The molecule has 322 valence electrons. The topological polar surface area (TPSA) is 206 Å². The van der Waals surface area contributed by atoms with Crippen LogP contribution in [0.15, 0.2) is 0 Å². The van der Waals surface area contributed by atoms with Gasteiger partial charge < -0.3 is 68.5 Å². The highest BCUT2D eigenvalue weighted by atomic mass is 16.7. The Kier molecular flexibility index (Phi) is 16.9. The Morgan fingerprint density at radius 1 is 1.04 bits per heavy atom. The van der Waals surface area contributed by atoms with Crippen molar-refractivity contribution in [2.75, 3.05) is 34.8 Å². The van der Waals surface area contributed by atoms with E-state index in [1.54, 1.807) is 48.6 Å². The number of cyclic esters (lactones) is 1. The second kappa shape index (κ2) is 19.5. The third kappa shape index (κ3) is 11.6. The minimum absolute atomic E-state index is 0.100. The van der Waals surface area contributed by atoms with Crippen molar-refractivity contribution in [1.29, 1.82) is 0 Å². The fraction of sp³-hybridized carbons (Fsp3) is 0.949. The Labute approximate surface area is 327 Å². The van der Waals surface area contributed by atoms with Crippen molar-refractivity contribution < 1.29 is 68.3 Å². The van der Waals surface area contributed by atoms with Crippen LogP contribution in [0.1, 0.15) is 101 Å². The van der Waals surface area contributed by atoms with E-state index in [1.807, 2.05) is 30.8 Å². The number of hydrogen-bond donors (Lipinski definition) is 5. The summed E-state index contributed by atoms with van der Waals surface area (Å²) in [6.07, 6.45) is -9.84. The van der Waals surface area contributed by atoms with E-state index in [9.17, 15) is 35.1 Å². The lowest BCUT2D eigenvalue weighted by Gasteiger charge is -2.47. The van der Waals surface area contributed by atoms with Gasteiger partial charge in [-0.15, -0.1) is 0 Å². The fourth-order valence-electron chi connectivity index (χ4n) is 7.98. The number of carbonyl (C=O) groups is 2. The van der Waals surface area contributed by atoms with Crippen molar-refractivity contribution in [3.8, 4) is 0 Å². The molecule has 3 heterocycles. The highest BCUT2D eigenvalue weighted by Crippen LogP contribution is 2.38. The highest BCUT2D eigenvalue weighted by molar-refractivity contribution is 5.74. The monoisotopic (exact) mass is 792 g/mol. The van der Waals surface area contributed by atoms with E-state index in [1.165, 1.54) is 21.0 Å². The molecule has 55 heavy (non-hydrogen) atoms. The molecule has 3 fully saturated rings. The molecule has 16 heteroatoms. The first-order chi connectivity index (χ1) is 25.4. The maximum Gasteiger partial charge on any atom is 0.335 e. The van der Waals surface area contributed by atoms with Gasteiger partial charge in [0.1, 0.15) is 30.0 Å². The number of hydrogen-bond acceptors (Lipinski definition) is 16. The number of rotatable bonds is 9. The summed E-state index contributed by atoms with van der Waals surface area (Å²) in [4.78, 5) is 30.7. The number of nitrogens with zero attached hydrogens (tertiary/aromatic N) is 2. The molecular weight excluding hydrogens is 720 g/mol. The number of methoxy groups -OCH3 is 1. The smallest absolute Gasteiger partial charge is 0.335 e. The summed E-state index contributed by atoms with van der Waals surface area (Å²) < 4.78 is 43.3. The first-order valence-corrected chi connectivity index (χ1v) is 19.8. The molecule has 0 bridgehead atoms. The lowest BCUT2D eigenvalue weighted by molar-refractivity contribution is -0.309. The summed E-state index contributed by atoms with van der Waals surface area (Å²) in [5, 5.41) is 56.4. The zero-order chi connectivity index (χ0) is 41.8. The molecule has 5 N–H and O–H groups in total. The van der Waals surface area contributed by atoms with Gasteiger partial charge in [-0.25, -0.2) is 4.79 Å². The molecular formula is C39H72N2O14. The zero-order valence-corrected chi connectivity index (χ0v) is 35.3. The first-order valence-electron chi connectivity index (χ1n) is 19.8. The van der Waals surface area contributed by atoms with Crippen molar-refractivity contribution >= 4 is 11.9 Å². The van der Waals surface area contributed by atoms with Crippen LogP contribution in [0.25, 0.3) is 0 Å². The fourth-order valence-corrected chi connectivity index (χ4v) is 7.98. The highest BCUT2D eigenvalue weighted by Gasteiger charge is 2.51. The maximum absolute atomic E-state index is 14.1. The summed E-state index contributed by atoms with van der Waals surface area (Å²) in [6, 6.07) is -0.932. The molecule has 0 radical (unpaired) electrons. The Morgan fingerprint density at radius 2 is 1.67 bits per heavy atom. The van der Waals surface area contributed by atoms with Gasteiger partial charge in [0.15, 0.2) is 18.7 Å². The van der Waals surface area contributed by atoms with Gasteiger partial charge in [-0.05, 0) is 109 Å². The Balaban J connectivity index is 2.15. The Bertz CT molecular complexity index is 1240. The molecule has 0 spiro atoms. The third-order valence-corrected chi connectivity index (χ3v) is 12.2. The van der Waals surface area contributed by atoms with Gasteiger partial charge in [-0.3, -0.25) is 4.79 Å². The van der Waals surface area contributed by atoms with Crippen LogP contribution < -0.4 is 0 Å². The van der Waals surface area contributed by atoms with Gasteiger partial charge >= 0.3 is 11.9 Å². The average molecular weight is 793 g/mol. The van der Waals surface area contributed by atoms with Gasteiger partial charge in [0, 0.05) is 26.0 Å². The molecule has 0 amide bonds. The van der Waals surface area contributed by atoms with Crippen LogP contribution in [0.3, 0.4) is 0 Å². The predicted molar refractivity (Wildman–Crippen MR) is 201 cm³/mol. The van der Waals surface area contributed by atoms with E-state index < -0.39 is 102 Å². The molecule has 17 atom stereocenters. The number of ether oxygens (including phenoxy) is 7. The lowest BCUT2D eigenvalue weighted by atomic mass is 9.86. The minimum atomic E-state index is -1.82. The maximum atomic E-state index is 14.1. The summed E-state index contributed by atoms with van der Waals surface area (Å²) in [7, 11) is 6.97. The van der Waals surface area contributed by atoms with E-state index in [0.29, 0.717) is 19.4 Å². The van der Waals surface area contributed by atoms with E-state index >= 15 is 0 Å². The van der Waals surface area contributed by atoms with E-state index in [0.717, 1.165) is 0 Å². The molecule has 0 aliphatic carbocycles. The first kappa shape index (κ1) is 47.8. The van der Waals surface area contributed by atoms with Crippen LogP contribution in [0.2, 0.25) is 0 Å². The van der Waals surface area contributed by atoms with Crippen LogP contribution in [0.5, 0.6) is 0 Å². The molecule has 3 rings (SSSR count). The van der Waals surface area contributed by atoms with Crippen LogP contribution in [0.4, 0.5) is 0 Å². The van der Waals surface area contributed by atoms with Gasteiger partial charge in [-0.2, -0.15) is 0 Å². The molecule has 0 unspecified atom stereocenters. The van der Waals surface area contributed by atoms with Crippen molar-refractivity contribution in [1.82, 2.24) is 9.80 Å². The van der Waals surface area contributed by atoms with Crippen molar-refractivity contribution in [2.24, 2.45) is 5.92 Å². The Morgan fingerprint density at radius 3 is 2.24 bits per heavy atom. The summed E-state index contributed by atoms with van der Waals surface area (Å²) in [6.45, 7) is 15.2. The van der Waals surface area contributed by atoms with E-state index in [4.69, 9.17) is 33.2 Å².